The predicted octanol–water partition coefficient (Wildman–Crippen LogP) is 4.04. The highest BCUT2D eigenvalue weighted by molar-refractivity contribution is 9.10. The van der Waals surface area contributed by atoms with E-state index in [0.29, 0.717) is 5.69 Å². The van der Waals surface area contributed by atoms with Crippen LogP contribution in [0.1, 0.15) is 15.9 Å². The van der Waals surface area contributed by atoms with Crippen LogP contribution in [-0.2, 0) is 10.0 Å². The Balaban J connectivity index is 1.77. The van der Waals surface area contributed by atoms with Crippen LogP contribution < -0.4 is 14.8 Å². The second-order valence-corrected chi connectivity index (χ2v) is 8.90. The Hall–Kier alpha value is -3.28. The molecular weight excluding hydrogens is 480 g/mol. The van der Waals surface area contributed by atoms with Crippen molar-refractivity contribution in [2.24, 2.45) is 0 Å². The number of benzene rings is 3. The maximum absolute atomic E-state index is 12.9. The Morgan fingerprint density at radius 3 is 2.42 bits per heavy atom. The van der Waals surface area contributed by atoms with Gasteiger partial charge in [-0.15, -0.1) is 0 Å². The maximum atomic E-state index is 12.9. The minimum atomic E-state index is -3.98. The molecule has 3 rings (SSSR count). The molecule has 0 saturated heterocycles. The summed E-state index contributed by atoms with van der Waals surface area (Å²) in [6.45, 7) is 0.124. The third kappa shape index (κ3) is 6.10. The average molecular weight is 499 g/mol. The molecule has 6 nitrogen and oxygen atoms in total. The molecule has 0 unspecified atom stereocenters. The first-order valence-electron chi connectivity index (χ1n) is 9.17. The van der Waals surface area contributed by atoms with Crippen molar-refractivity contribution in [3.05, 3.63) is 88.4 Å². The molecule has 0 radical (unpaired) electrons. The predicted molar refractivity (Wildman–Crippen MR) is 124 cm³/mol. The number of halogens is 1. The molecule has 0 bridgehead atoms. The van der Waals surface area contributed by atoms with E-state index in [9.17, 15) is 13.2 Å². The Kier molecular flexibility index (Phi) is 7.34. The van der Waals surface area contributed by atoms with Gasteiger partial charge < -0.3 is 10.1 Å². The summed E-state index contributed by atoms with van der Waals surface area (Å²) >= 11 is 3.31. The first kappa shape index (κ1) is 22.4. The highest BCUT2D eigenvalue weighted by Gasteiger charge is 2.22. The first-order valence-corrected chi connectivity index (χ1v) is 11.5. The summed E-state index contributed by atoms with van der Waals surface area (Å²) in [5.41, 5.74) is 1.41. The van der Waals surface area contributed by atoms with Crippen LogP contribution in [0.4, 0.5) is 5.69 Å². The molecule has 0 aliphatic heterocycles. The largest absolute Gasteiger partial charge is 0.495 e. The Morgan fingerprint density at radius 1 is 1.03 bits per heavy atom. The fourth-order valence-electron chi connectivity index (χ4n) is 2.65. The summed E-state index contributed by atoms with van der Waals surface area (Å²) in [5, 5.41) is 2.67. The number of hydrogen-bond donors (Lipinski definition) is 2. The van der Waals surface area contributed by atoms with E-state index in [1.165, 1.54) is 25.3 Å². The topological polar surface area (TPSA) is 84.5 Å². The lowest BCUT2D eigenvalue weighted by molar-refractivity contribution is 0.0958. The van der Waals surface area contributed by atoms with Crippen LogP contribution in [0.2, 0.25) is 0 Å². The molecule has 0 fully saturated rings. The van der Waals surface area contributed by atoms with E-state index >= 15 is 0 Å². The molecule has 0 aliphatic rings. The third-order valence-electron chi connectivity index (χ3n) is 4.16. The number of sulfonamides is 1. The monoisotopic (exact) mass is 498 g/mol. The number of anilines is 1. The second kappa shape index (κ2) is 10.2. The second-order valence-electron chi connectivity index (χ2n) is 6.33. The van der Waals surface area contributed by atoms with Gasteiger partial charge in [-0.2, -0.15) is 0 Å². The lowest BCUT2D eigenvalue weighted by Gasteiger charge is -2.13. The van der Waals surface area contributed by atoms with Crippen LogP contribution in [0.25, 0.3) is 0 Å². The van der Waals surface area contributed by atoms with Crippen LogP contribution >= 0.6 is 15.9 Å². The number of amides is 1. The molecule has 0 aromatic heterocycles. The van der Waals surface area contributed by atoms with Crippen LogP contribution in [0, 0.1) is 11.8 Å². The Bertz CT molecular complexity index is 1230. The van der Waals surface area contributed by atoms with Gasteiger partial charge in [-0.25, -0.2) is 8.42 Å². The smallest absolute Gasteiger partial charge is 0.265 e. The van der Waals surface area contributed by atoms with E-state index in [2.05, 4.69) is 37.8 Å². The molecule has 31 heavy (non-hydrogen) atoms. The number of ether oxygens (including phenoxy) is 1. The first-order chi connectivity index (χ1) is 14.9. The van der Waals surface area contributed by atoms with Crippen molar-refractivity contribution >= 4 is 37.5 Å². The normalized spacial score (nSPS) is 10.5. The van der Waals surface area contributed by atoms with Crippen LogP contribution in [0.5, 0.6) is 5.75 Å². The van der Waals surface area contributed by atoms with Gasteiger partial charge >= 0.3 is 0 Å². The molecular formula is C23H19BrN2O4S. The lowest BCUT2D eigenvalue weighted by Crippen LogP contribution is -2.24. The van der Waals surface area contributed by atoms with Gasteiger partial charge in [-0.05, 0) is 54.6 Å². The fourth-order valence-corrected chi connectivity index (χ4v) is 4.17. The molecule has 3 aromatic carbocycles. The van der Waals surface area contributed by atoms with Crippen LogP contribution in [-0.4, -0.2) is 28.0 Å². The van der Waals surface area contributed by atoms with Gasteiger partial charge in [0.25, 0.3) is 15.9 Å². The van der Waals surface area contributed by atoms with Gasteiger partial charge in [0, 0.05) is 21.3 Å². The van der Waals surface area contributed by atoms with E-state index < -0.39 is 15.9 Å². The Morgan fingerprint density at radius 2 is 1.74 bits per heavy atom. The van der Waals surface area contributed by atoms with E-state index in [4.69, 9.17) is 4.74 Å². The van der Waals surface area contributed by atoms with E-state index in [-0.39, 0.29) is 22.8 Å². The Labute approximate surface area is 189 Å². The van der Waals surface area contributed by atoms with Crippen molar-refractivity contribution in [1.82, 2.24) is 5.32 Å². The summed E-state index contributed by atoms with van der Waals surface area (Å²) in [6.07, 6.45) is 0. The number of hydrogen-bond acceptors (Lipinski definition) is 4. The summed E-state index contributed by atoms with van der Waals surface area (Å²) in [6, 6.07) is 20.3. The number of nitrogens with one attached hydrogen (secondary N) is 2. The minimum absolute atomic E-state index is 0.124. The fraction of sp³-hybridized carbons (Fsp3) is 0.0870. The van der Waals surface area contributed by atoms with Crippen LogP contribution in [0.15, 0.2) is 82.2 Å². The third-order valence-corrected chi connectivity index (χ3v) is 6.09. The van der Waals surface area contributed by atoms with Crippen molar-refractivity contribution in [1.29, 1.82) is 0 Å². The average Bonchev–Trinajstić information content (AvgIpc) is 2.78. The quantitative estimate of drug-likeness (QED) is 0.502. The molecule has 0 aliphatic carbocycles. The zero-order chi connectivity index (χ0) is 22.3. The van der Waals surface area contributed by atoms with Crippen molar-refractivity contribution in [3.63, 3.8) is 0 Å². The van der Waals surface area contributed by atoms with Gasteiger partial charge in [0.1, 0.15) is 10.6 Å². The molecule has 3 aromatic rings. The standard InChI is InChI=1S/C23H19BrN2O4S/c1-30-21-14-9-18(23(27)25-15-5-8-17-6-3-2-4-7-17)16-22(21)31(28,29)26-20-12-10-19(24)11-13-20/h2-4,6-7,9-14,16,26H,15H2,1H3,(H,25,27). The number of rotatable bonds is 6. The van der Waals surface area contributed by atoms with Crippen LogP contribution in [0.3, 0.4) is 0 Å². The molecule has 0 atom stereocenters. The highest BCUT2D eigenvalue weighted by atomic mass is 79.9. The zero-order valence-corrected chi connectivity index (χ0v) is 19.0. The molecule has 0 heterocycles. The highest BCUT2D eigenvalue weighted by Crippen LogP contribution is 2.27. The lowest BCUT2D eigenvalue weighted by atomic mass is 10.2. The van der Waals surface area contributed by atoms with Gasteiger partial charge in [-0.3, -0.25) is 9.52 Å². The summed E-state index contributed by atoms with van der Waals surface area (Å²) < 4.78 is 34.3. The van der Waals surface area contributed by atoms with E-state index in [1.54, 1.807) is 24.3 Å². The molecule has 0 spiro atoms. The number of carbonyl (C=O) groups excluding carboxylic acids is 1. The van der Waals surface area contributed by atoms with Crippen molar-refractivity contribution in [2.45, 2.75) is 4.90 Å². The van der Waals surface area contributed by atoms with Crippen molar-refractivity contribution < 1.29 is 17.9 Å². The SMILES string of the molecule is COc1ccc(C(=O)NCC#Cc2ccccc2)cc1S(=O)(=O)Nc1ccc(Br)cc1. The van der Waals surface area contributed by atoms with Gasteiger partial charge in [-0.1, -0.05) is 46.0 Å². The van der Waals surface area contributed by atoms with Gasteiger partial charge in [0.15, 0.2) is 0 Å². The van der Waals surface area contributed by atoms with E-state index in [0.717, 1.165) is 10.0 Å². The summed E-state index contributed by atoms with van der Waals surface area (Å²) in [5.74, 6) is 5.50. The molecule has 0 saturated carbocycles. The van der Waals surface area contributed by atoms with E-state index in [1.807, 2.05) is 30.3 Å². The minimum Gasteiger partial charge on any atom is -0.495 e. The molecule has 1 amide bonds. The van der Waals surface area contributed by atoms with Gasteiger partial charge in [0.05, 0.1) is 13.7 Å². The summed E-state index contributed by atoms with van der Waals surface area (Å²) in [4.78, 5) is 12.4. The maximum Gasteiger partial charge on any atom is 0.265 e. The number of carbonyl (C=O) groups is 1. The number of methoxy groups -OCH3 is 1. The molecule has 8 heteroatoms. The van der Waals surface area contributed by atoms with Crippen molar-refractivity contribution in [2.75, 3.05) is 18.4 Å². The molecule has 2 N–H and O–H groups in total. The van der Waals surface area contributed by atoms with Crippen molar-refractivity contribution in [3.8, 4) is 17.6 Å². The molecule has 158 valence electrons. The summed E-state index contributed by atoms with van der Waals surface area (Å²) in [7, 11) is -2.62. The van der Waals surface area contributed by atoms with Gasteiger partial charge in [0.2, 0.25) is 0 Å². The zero-order valence-electron chi connectivity index (χ0n) is 16.6.